The van der Waals surface area contributed by atoms with Gasteiger partial charge in [0.1, 0.15) is 11.6 Å². The second-order valence-corrected chi connectivity index (χ2v) is 8.92. The molecule has 0 heterocycles. The largest absolute Gasteiger partial charge is 0.359 e. The average Bonchev–Trinajstić information content (AvgIpc) is 3.16. The van der Waals surface area contributed by atoms with Gasteiger partial charge in [-0.2, -0.15) is 0 Å². The van der Waals surface area contributed by atoms with E-state index in [2.05, 4.69) is 25.7 Å². The first kappa shape index (κ1) is 21.4. The molecular weight excluding hydrogens is 378 g/mol. The summed E-state index contributed by atoms with van der Waals surface area (Å²) in [6.45, 7) is 12.4. The van der Waals surface area contributed by atoms with Gasteiger partial charge in [0.2, 0.25) is 5.92 Å². The van der Waals surface area contributed by atoms with Crippen molar-refractivity contribution in [2.24, 2.45) is 11.3 Å². The van der Waals surface area contributed by atoms with Crippen molar-refractivity contribution in [1.29, 1.82) is 0 Å². The van der Waals surface area contributed by atoms with E-state index in [1.54, 1.807) is 19.1 Å². The van der Waals surface area contributed by atoms with Crippen molar-refractivity contribution in [3.8, 4) is 0 Å². The van der Waals surface area contributed by atoms with Crippen LogP contribution >= 0.6 is 0 Å². The first-order chi connectivity index (χ1) is 13.3. The highest BCUT2D eigenvalue weighted by atomic mass is 19.3. The number of alkyl halides is 2. The number of rotatable bonds is 6. The molecule has 5 heteroatoms. The van der Waals surface area contributed by atoms with Crippen LogP contribution in [0.1, 0.15) is 48.9 Å². The molecule has 0 saturated heterocycles. The highest BCUT2D eigenvalue weighted by Gasteiger charge is 2.59. The maximum Gasteiger partial charge on any atom is 0.249 e. The predicted octanol–water partition coefficient (Wildman–Crippen LogP) is 7.14. The molecular formula is C24H27F4N. The Bertz CT molecular complexity index is 956. The molecule has 1 aliphatic rings. The Labute approximate surface area is 169 Å². The predicted molar refractivity (Wildman–Crippen MR) is 109 cm³/mol. The van der Waals surface area contributed by atoms with Crippen LogP contribution in [0.3, 0.4) is 0 Å². The third kappa shape index (κ3) is 4.34. The minimum absolute atomic E-state index is 0.0628. The molecule has 2 aromatic carbocycles. The lowest BCUT2D eigenvalue weighted by molar-refractivity contribution is 0.0224. The number of halogens is 4. The van der Waals surface area contributed by atoms with Crippen LogP contribution in [0.4, 0.5) is 23.2 Å². The lowest BCUT2D eigenvalue weighted by Crippen LogP contribution is -2.15. The zero-order valence-electron chi connectivity index (χ0n) is 17.5. The molecule has 1 fully saturated rings. The molecule has 0 spiro atoms. The highest BCUT2D eigenvalue weighted by Crippen LogP contribution is 2.67. The van der Waals surface area contributed by atoms with Crippen molar-refractivity contribution in [3.05, 3.63) is 76.5 Å². The summed E-state index contributed by atoms with van der Waals surface area (Å²) in [7, 11) is 0. The summed E-state index contributed by atoms with van der Waals surface area (Å²) >= 11 is 0. The zero-order valence-corrected chi connectivity index (χ0v) is 17.5. The van der Waals surface area contributed by atoms with Gasteiger partial charge in [0.15, 0.2) is 0 Å². The maximum absolute atomic E-state index is 14.3. The van der Waals surface area contributed by atoms with Crippen LogP contribution in [0.25, 0.3) is 0 Å². The topological polar surface area (TPSA) is 12.0 Å². The molecule has 3 rings (SSSR count). The van der Waals surface area contributed by atoms with Gasteiger partial charge in [-0.05, 0) is 72.6 Å². The summed E-state index contributed by atoms with van der Waals surface area (Å²) in [5.41, 5.74) is 3.13. The normalized spacial score (nSPS) is 20.4. The second-order valence-electron chi connectivity index (χ2n) is 8.92. The number of hydrogen-bond donors (Lipinski definition) is 1. The lowest BCUT2D eigenvalue weighted by Gasteiger charge is -2.17. The molecule has 1 nitrogen and oxygen atoms in total. The van der Waals surface area contributed by atoms with Crippen molar-refractivity contribution in [2.45, 2.75) is 52.9 Å². The van der Waals surface area contributed by atoms with Crippen LogP contribution in [-0.4, -0.2) is 5.92 Å². The van der Waals surface area contributed by atoms with Crippen molar-refractivity contribution in [2.75, 3.05) is 5.32 Å². The molecule has 0 radical (unpaired) electrons. The van der Waals surface area contributed by atoms with E-state index >= 15 is 0 Å². The van der Waals surface area contributed by atoms with Crippen molar-refractivity contribution in [3.63, 3.8) is 0 Å². The van der Waals surface area contributed by atoms with Gasteiger partial charge in [0.05, 0.1) is 0 Å². The summed E-state index contributed by atoms with van der Waals surface area (Å²) in [6, 6.07) is 7.98. The van der Waals surface area contributed by atoms with Crippen LogP contribution in [0, 0.1) is 36.8 Å². The number of allylic oxidation sites excluding steroid dienone is 1. The maximum atomic E-state index is 14.3. The molecule has 0 aromatic heterocycles. The molecule has 2 unspecified atom stereocenters. The van der Waals surface area contributed by atoms with Gasteiger partial charge in [-0.15, -0.1) is 0 Å². The van der Waals surface area contributed by atoms with Gasteiger partial charge in [0.25, 0.3) is 0 Å². The minimum atomic E-state index is -2.92. The molecule has 0 bridgehead atoms. The highest BCUT2D eigenvalue weighted by molar-refractivity contribution is 5.55. The van der Waals surface area contributed by atoms with Gasteiger partial charge in [0, 0.05) is 23.7 Å². The third-order valence-electron chi connectivity index (χ3n) is 6.00. The molecule has 0 aliphatic heterocycles. The van der Waals surface area contributed by atoms with Gasteiger partial charge in [-0.3, -0.25) is 0 Å². The van der Waals surface area contributed by atoms with E-state index in [1.807, 2.05) is 6.07 Å². The summed E-state index contributed by atoms with van der Waals surface area (Å²) in [6.07, 6.45) is -0.524. The quantitative estimate of drug-likeness (QED) is 0.504. The van der Waals surface area contributed by atoms with E-state index < -0.39 is 18.2 Å². The number of nitrogens with one attached hydrogen (secondary N) is 1. The van der Waals surface area contributed by atoms with E-state index in [9.17, 15) is 17.6 Å². The minimum Gasteiger partial charge on any atom is -0.359 e. The van der Waals surface area contributed by atoms with Crippen molar-refractivity contribution in [1.82, 2.24) is 0 Å². The molecule has 2 aromatic rings. The van der Waals surface area contributed by atoms with Crippen LogP contribution in [0.2, 0.25) is 0 Å². The number of benzene rings is 2. The van der Waals surface area contributed by atoms with Crippen molar-refractivity contribution >= 4 is 5.69 Å². The summed E-state index contributed by atoms with van der Waals surface area (Å²) in [5, 5.41) is 3.13. The molecule has 156 valence electrons. The van der Waals surface area contributed by atoms with Crippen LogP contribution < -0.4 is 5.32 Å². The average molecular weight is 405 g/mol. The molecule has 2 atom stereocenters. The molecule has 1 saturated carbocycles. The van der Waals surface area contributed by atoms with Gasteiger partial charge in [-0.25, -0.2) is 17.6 Å². The molecule has 0 amide bonds. The monoisotopic (exact) mass is 405 g/mol. The fourth-order valence-corrected chi connectivity index (χ4v) is 4.36. The van der Waals surface area contributed by atoms with E-state index in [1.165, 1.54) is 19.1 Å². The molecule has 29 heavy (non-hydrogen) atoms. The van der Waals surface area contributed by atoms with E-state index in [0.29, 0.717) is 16.9 Å². The fraction of sp³-hybridized carbons (Fsp3) is 0.417. The summed E-state index contributed by atoms with van der Waals surface area (Å²) in [5.74, 6) is -3.47. The number of hydrogen-bond acceptors (Lipinski definition) is 1. The Hall–Kier alpha value is -2.30. The van der Waals surface area contributed by atoms with Crippen LogP contribution in [0.15, 0.2) is 42.6 Å². The van der Waals surface area contributed by atoms with Gasteiger partial charge < -0.3 is 5.32 Å². The first-order valence-corrected chi connectivity index (χ1v) is 9.70. The summed E-state index contributed by atoms with van der Waals surface area (Å²) < 4.78 is 54.9. The Morgan fingerprint density at radius 1 is 1.10 bits per heavy atom. The lowest BCUT2D eigenvalue weighted by atomic mass is 10.0. The van der Waals surface area contributed by atoms with Crippen molar-refractivity contribution < 1.29 is 17.6 Å². The first-order valence-electron chi connectivity index (χ1n) is 9.70. The Balaban J connectivity index is 1.82. The second kappa shape index (κ2) is 7.19. The zero-order chi connectivity index (χ0) is 21.7. The van der Waals surface area contributed by atoms with E-state index in [4.69, 9.17) is 0 Å². The Kier molecular flexibility index (Phi) is 5.31. The molecule has 1 N–H and O–H groups in total. The third-order valence-corrected chi connectivity index (χ3v) is 6.00. The van der Waals surface area contributed by atoms with Crippen LogP contribution in [0.5, 0.6) is 0 Å². The van der Waals surface area contributed by atoms with E-state index in [-0.39, 0.29) is 34.2 Å². The van der Waals surface area contributed by atoms with Gasteiger partial charge >= 0.3 is 0 Å². The molecule has 1 aliphatic carbocycles. The van der Waals surface area contributed by atoms with E-state index in [0.717, 1.165) is 12.5 Å². The van der Waals surface area contributed by atoms with Crippen LogP contribution in [-0.2, 0) is 6.42 Å². The fourth-order valence-electron chi connectivity index (χ4n) is 4.36. The van der Waals surface area contributed by atoms with Gasteiger partial charge in [-0.1, -0.05) is 32.6 Å². The number of aryl methyl sites for hydroxylation is 1. The number of anilines is 1. The standard InChI is InChI=1S/C24H27F4N/c1-13-9-16(7-8-19(13)25)22-21(23(22,4)5)15(3)29-18-10-17(12-24(6,27)28)14(2)20(26)11-18/h7-11,21-22,29H,3,12H2,1-2,4-6H3. The Morgan fingerprint density at radius 2 is 1.76 bits per heavy atom. The smallest absolute Gasteiger partial charge is 0.249 e. The SMILES string of the molecule is C=C(Nc1cc(F)c(C)c(CC(C)(F)F)c1)C1C(c2ccc(F)c(C)c2)C1(C)C. The summed E-state index contributed by atoms with van der Waals surface area (Å²) in [4.78, 5) is 0. The Morgan fingerprint density at radius 3 is 2.34 bits per heavy atom.